The molecule has 2 rings (SSSR count). The van der Waals surface area contributed by atoms with Gasteiger partial charge in [-0.2, -0.15) is 0 Å². The van der Waals surface area contributed by atoms with Gasteiger partial charge in [0.15, 0.2) is 6.61 Å². The zero-order valence-electron chi connectivity index (χ0n) is 16.7. The number of esters is 2. The van der Waals surface area contributed by atoms with Crippen molar-refractivity contribution in [2.24, 2.45) is 0 Å². The second-order valence-corrected chi connectivity index (χ2v) is 5.90. The summed E-state index contributed by atoms with van der Waals surface area (Å²) < 4.78 is 20.5. The number of hydrogen-bond donors (Lipinski definition) is 1. The standard InChI is InChI=1S/C21H23NO7/c1-5-28-21(25)15-8-6-7-9-16(15)22-19(23)12-29-20(24)14-10-17(26-3)13(2)18(11-14)27-4/h6-11H,5,12H2,1-4H3,(H,22,23). The molecule has 0 aliphatic carbocycles. The average molecular weight is 401 g/mol. The van der Waals surface area contributed by atoms with Gasteiger partial charge in [-0.1, -0.05) is 12.1 Å². The molecular weight excluding hydrogens is 378 g/mol. The van der Waals surface area contributed by atoms with Crippen molar-refractivity contribution in [3.63, 3.8) is 0 Å². The third-order valence-electron chi connectivity index (χ3n) is 4.02. The lowest BCUT2D eigenvalue weighted by Crippen LogP contribution is -2.22. The van der Waals surface area contributed by atoms with E-state index in [1.165, 1.54) is 32.4 Å². The molecule has 1 amide bonds. The fourth-order valence-corrected chi connectivity index (χ4v) is 2.58. The molecule has 0 saturated carbocycles. The molecule has 0 aromatic heterocycles. The van der Waals surface area contributed by atoms with Gasteiger partial charge in [-0.3, -0.25) is 4.79 Å². The van der Waals surface area contributed by atoms with E-state index >= 15 is 0 Å². The Morgan fingerprint density at radius 1 is 0.931 bits per heavy atom. The molecule has 0 saturated heterocycles. The third kappa shape index (κ3) is 5.47. The number of para-hydroxylation sites is 1. The predicted octanol–water partition coefficient (Wildman–Crippen LogP) is 2.98. The first kappa shape index (κ1) is 21.7. The van der Waals surface area contributed by atoms with E-state index in [4.69, 9.17) is 18.9 Å². The van der Waals surface area contributed by atoms with Gasteiger partial charge >= 0.3 is 11.9 Å². The van der Waals surface area contributed by atoms with Gasteiger partial charge in [0.2, 0.25) is 0 Å². The molecule has 0 bridgehead atoms. The summed E-state index contributed by atoms with van der Waals surface area (Å²) in [7, 11) is 2.96. The Balaban J connectivity index is 2.05. The number of carbonyl (C=O) groups excluding carboxylic acids is 3. The molecule has 1 N–H and O–H groups in total. The van der Waals surface area contributed by atoms with Crippen molar-refractivity contribution in [3.05, 3.63) is 53.1 Å². The van der Waals surface area contributed by atoms with Crippen molar-refractivity contribution < 1.29 is 33.3 Å². The van der Waals surface area contributed by atoms with Crippen LogP contribution in [0.1, 0.15) is 33.2 Å². The molecule has 154 valence electrons. The molecule has 0 fully saturated rings. The van der Waals surface area contributed by atoms with Crippen LogP contribution in [0.25, 0.3) is 0 Å². The summed E-state index contributed by atoms with van der Waals surface area (Å²) >= 11 is 0. The van der Waals surface area contributed by atoms with Crippen LogP contribution < -0.4 is 14.8 Å². The van der Waals surface area contributed by atoms with Crippen molar-refractivity contribution in [2.45, 2.75) is 13.8 Å². The van der Waals surface area contributed by atoms with Gasteiger partial charge in [0.1, 0.15) is 11.5 Å². The largest absolute Gasteiger partial charge is 0.496 e. The molecule has 8 heteroatoms. The van der Waals surface area contributed by atoms with Crippen LogP contribution in [0.15, 0.2) is 36.4 Å². The van der Waals surface area contributed by atoms with Crippen molar-refractivity contribution in [2.75, 3.05) is 32.8 Å². The zero-order chi connectivity index (χ0) is 21.4. The van der Waals surface area contributed by atoms with E-state index < -0.39 is 24.5 Å². The minimum Gasteiger partial charge on any atom is -0.496 e. The Morgan fingerprint density at radius 2 is 1.55 bits per heavy atom. The van der Waals surface area contributed by atoms with Gasteiger partial charge in [-0.25, -0.2) is 9.59 Å². The molecule has 8 nitrogen and oxygen atoms in total. The summed E-state index contributed by atoms with van der Waals surface area (Å²) in [6, 6.07) is 9.42. The van der Waals surface area contributed by atoms with E-state index in [1.54, 1.807) is 32.0 Å². The number of methoxy groups -OCH3 is 2. The fourth-order valence-electron chi connectivity index (χ4n) is 2.58. The van der Waals surface area contributed by atoms with E-state index in [0.717, 1.165) is 5.56 Å². The molecule has 0 unspecified atom stereocenters. The summed E-state index contributed by atoms with van der Waals surface area (Å²) in [4.78, 5) is 36.5. The number of amides is 1. The van der Waals surface area contributed by atoms with E-state index in [0.29, 0.717) is 11.5 Å². The number of ether oxygens (including phenoxy) is 4. The monoisotopic (exact) mass is 401 g/mol. The van der Waals surface area contributed by atoms with E-state index in [1.807, 2.05) is 0 Å². The maximum atomic E-state index is 12.3. The van der Waals surface area contributed by atoms with Crippen LogP contribution in [0.3, 0.4) is 0 Å². The van der Waals surface area contributed by atoms with Crippen LogP contribution in [0.4, 0.5) is 5.69 Å². The van der Waals surface area contributed by atoms with Gasteiger partial charge in [0.25, 0.3) is 5.91 Å². The van der Waals surface area contributed by atoms with E-state index in [9.17, 15) is 14.4 Å². The summed E-state index contributed by atoms with van der Waals surface area (Å²) in [5, 5.41) is 2.54. The molecule has 2 aromatic rings. The van der Waals surface area contributed by atoms with Crippen molar-refractivity contribution in [3.8, 4) is 11.5 Å². The van der Waals surface area contributed by atoms with Gasteiger partial charge in [0.05, 0.1) is 37.6 Å². The number of rotatable bonds is 8. The highest BCUT2D eigenvalue weighted by atomic mass is 16.5. The van der Waals surface area contributed by atoms with Crippen LogP contribution >= 0.6 is 0 Å². The molecule has 0 heterocycles. The number of benzene rings is 2. The lowest BCUT2D eigenvalue weighted by atomic mass is 10.1. The first-order valence-electron chi connectivity index (χ1n) is 8.87. The van der Waals surface area contributed by atoms with Crippen molar-refractivity contribution in [1.82, 2.24) is 0 Å². The van der Waals surface area contributed by atoms with Crippen LogP contribution in [0.2, 0.25) is 0 Å². The predicted molar refractivity (Wildman–Crippen MR) is 106 cm³/mol. The summed E-state index contributed by atoms with van der Waals surface area (Å²) in [5.74, 6) is -0.941. The van der Waals surface area contributed by atoms with Crippen LogP contribution in [-0.2, 0) is 14.3 Å². The van der Waals surface area contributed by atoms with Gasteiger partial charge in [-0.05, 0) is 38.1 Å². The van der Waals surface area contributed by atoms with Crippen LogP contribution in [0, 0.1) is 6.92 Å². The molecule has 0 radical (unpaired) electrons. The molecule has 0 spiro atoms. The van der Waals surface area contributed by atoms with Crippen LogP contribution in [-0.4, -0.2) is 45.3 Å². The molecule has 29 heavy (non-hydrogen) atoms. The number of hydrogen-bond acceptors (Lipinski definition) is 7. The Bertz CT molecular complexity index is 883. The minimum absolute atomic E-state index is 0.184. The Labute approximate surface area is 168 Å². The molecule has 0 aliphatic heterocycles. The number of anilines is 1. The number of carbonyl (C=O) groups is 3. The second-order valence-electron chi connectivity index (χ2n) is 5.90. The van der Waals surface area contributed by atoms with E-state index in [-0.39, 0.29) is 23.4 Å². The first-order valence-corrected chi connectivity index (χ1v) is 8.87. The van der Waals surface area contributed by atoms with E-state index in [2.05, 4.69) is 5.32 Å². The second kappa shape index (κ2) is 10.1. The van der Waals surface area contributed by atoms with Crippen LogP contribution in [0.5, 0.6) is 11.5 Å². The average Bonchev–Trinajstić information content (AvgIpc) is 2.72. The summed E-state index contributed by atoms with van der Waals surface area (Å²) in [6.45, 7) is 3.16. The van der Waals surface area contributed by atoms with Gasteiger partial charge < -0.3 is 24.3 Å². The molecular formula is C21H23NO7. The quantitative estimate of drug-likeness (QED) is 0.679. The summed E-state index contributed by atoms with van der Waals surface area (Å²) in [6.07, 6.45) is 0. The highest BCUT2D eigenvalue weighted by Crippen LogP contribution is 2.29. The Hall–Kier alpha value is -3.55. The first-order chi connectivity index (χ1) is 13.9. The smallest absolute Gasteiger partial charge is 0.340 e. The Morgan fingerprint density at radius 3 is 2.14 bits per heavy atom. The lowest BCUT2D eigenvalue weighted by Gasteiger charge is -2.13. The topological polar surface area (TPSA) is 100 Å². The zero-order valence-corrected chi connectivity index (χ0v) is 16.7. The molecule has 0 atom stereocenters. The molecule has 0 aliphatic rings. The summed E-state index contributed by atoms with van der Waals surface area (Å²) in [5.41, 5.74) is 1.40. The Kier molecular flexibility index (Phi) is 7.59. The normalized spacial score (nSPS) is 10.1. The van der Waals surface area contributed by atoms with Gasteiger partial charge in [0, 0.05) is 5.56 Å². The highest BCUT2D eigenvalue weighted by molar-refractivity contribution is 6.02. The van der Waals surface area contributed by atoms with Crippen molar-refractivity contribution >= 4 is 23.5 Å². The lowest BCUT2D eigenvalue weighted by molar-refractivity contribution is -0.119. The maximum Gasteiger partial charge on any atom is 0.340 e. The highest BCUT2D eigenvalue weighted by Gasteiger charge is 2.17. The maximum absolute atomic E-state index is 12.3. The fraction of sp³-hybridized carbons (Fsp3) is 0.286. The van der Waals surface area contributed by atoms with Crippen molar-refractivity contribution in [1.29, 1.82) is 0 Å². The number of nitrogens with one attached hydrogen (secondary N) is 1. The van der Waals surface area contributed by atoms with Gasteiger partial charge in [-0.15, -0.1) is 0 Å². The molecule has 2 aromatic carbocycles. The SMILES string of the molecule is CCOC(=O)c1ccccc1NC(=O)COC(=O)c1cc(OC)c(C)c(OC)c1. The third-order valence-corrected chi connectivity index (χ3v) is 4.02. The minimum atomic E-state index is -0.713.